The molecule has 1 atom stereocenters. The van der Waals surface area contributed by atoms with Crippen LogP contribution in [-0.2, 0) is 36.7 Å². The lowest BCUT2D eigenvalue weighted by Crippen LogP contribution is -2.40. The SMILES string of the molecule is NC(N)=NCCC[C@@H](C=O)NC(=O)Cn1cccc(NS(=O)(=O)Cc2cc(F)ccc2F)c1=O.O=C(O)C(F)(F)F. The molecule has 2 rings (SSSR count). The molecule has 41 heavy (non-hydrogen) atoms. The molecule has 0 bridgehead atoms. The van der Waals surface area contributed by atoms with Crippen LogP contribution in [0.2, 0.25) is 0 Å². The number of nitrogens with zero attached hydrogens (tertiary/aromatic N) is 2. The topological polar surface area (TPSA) is 216 Å². The van der Waals surface area contributed by atoms with Gasteiger partial charge in [0.1, 0.15) is 30.2 Å². The van der Waals surface area contributed by atoms with E-state index in [0.717, 1.165) is 28.8 Å². The number of hydrogen-bond donors (Lipinski definition) is 5. The molecule has 1 aromatic carbocycles. The molecule has 0 saturated heterocycles. The Morgan fingerprint density at radius 3 is 2.37 bits per heavy atom. The molecular formula is C22H25F5N6O7S. The minimum absolute atomic E-state index is 0.0948. The predicted octanol–water partition coefficient (Wildman–Crippen LogP) is 0.439. The Kier molecular flexibility index (Phi) is 12.9. The van der Waals surface area contributed by atoms with Crippen molar-refractivity contribution >= 4 is 39.8 Å². The molecule has 0 fully saturated rings. The first-order chi connectivity index (χ1) is 18.9. The minimum Gasteiger partial charge on any atom is -0.475 e. The molecule has 0 unspecified atom stereocenters. The third-order valence-corrected chi connectivity index (χ3v) is 5.90. The van der Waals surface area contributed by atoms with E-state index in [0.29, 0.717) is 12.7 Å². The first kappa shape index (κ1) is 34.5. The molecule has 13 nitrogen and oxygen atoms in total. The van der Waals surface area contributed by atoms with Gasteiger partial charge in [-0.25, -0.2) is 22.0 Å². The average molecular weight is 613 g/mol. The monoisotopic (exact) mass is 612 g/mol. The molecule has 1 amide bonds. The van der Waals surface area contributed by atoms with Crippen LogP contribution in [0.25, 0.3) is 0 Å². The van der Waals surface area contributed by atoms with E-state index in [9.17, 15) is 44.8 Å². The van der Waals surface area contributed by atoms with Gasteiger partial charge in [-0.15, -0.1) is 0 Å². The fourth-order valence-electron chi connectivity index (χ4n) is 2.90. The summed E-state index contributed by atoms with van der Waals surface area (Å²) in [7, 11) is -4.28. The van der Waals surface area contributed by atoms with E-state index >= 15 is 0 Å². The Morgan fingerprint density at radius 2 is 1.80 bits per heavy atom. The van der Waals surface area contributed by atoms with Gasteiger partial charge in [-0.1, -0.05) is 0 Å². The first-order valence-corrected chi connectivity index (χ1v) is 12.8. The number of alkyl halides is 3. The molecule has 7 N–H and O–H groups in total. The number of aromatic nitrogens is 1. The molecule has 0 aliphatic heterocycles. The van der Waals surface area contributed by atoms with Gasteiger partial charge in [0.25, 0.3) is 5.56 Å². The van der Waals surface area contributed by atoms with Crippen LogP contribution in [0.3, 0.4) is 0 Å². The van der Waals surface area contributed by atoms with Crippen molar-refractivity contribution in [2.75, 3.05) is 11.3 Å². The summed E-state index contributed by atoms with van der Waals surface area (Å²) in [5.74, 6) is -6.16. The van der Waals surface area contributed by atoms with E-state index in [1.54, 1.807) is 0 Å². The number of hydrogen-bond acceptors (Lipinski definition) is 7. The fourth-order valence-corrected chi connectivity index (χ4v) is 4.10. The smallest absolute Gasteiger partial charge is 0.475 e. The molecule has 0 aliphatic rings. The Morgan fingerprint density at radius 1 is 1.17 bits per heavy atom. The summed E-state index contributed by atoms with van der Waals surface area (Å²) in [6, 6.07) is 4.03. The predicted molar refractivity (Wildman–Crippen MR) is 135 cm³/mol. The van der Waals surface area contributed by atoms with Crippen molar-refractivity contribution < 1.29 is 49.9 Å². The van der Waals surface area contributed by atoms with Crippen LogP contribution in [0.4, 0.5) is 27.6 Å². The fraction of sp³-hybridized carbons (Fsp3) is 0.318. The van der Waals surface area contributed by atoms with Gasteiger partial charge >= 0.3 is 12.1 Å². The number of rotatable bonds is 12. The van der Waals surface area contributed by atoms with E-state index in [2.05, 4.69) is 10.3 Å². The molecular weight excluding hydrogens is 587 g/mol. The standard InChI is InChI=1S/C20H24F2N6O5S.C2HF3O2/c21-14-5-6-16(22)13(9-14)12-34(32,33)27-17-4-2-8-28(19(17)31)10-18(30)26-15(11-29)3-1-7-25-20(23)24;3-2(4,5)1(6)7/h2,4-6,8-9,11,15,27H,1,3,7,10,12H2,(H,26,30)(H4,23,24,25);(H,6,7)/t15-;/m0./s1. The number of halogens is 5. The van der Waals surface area contributed by atoms with Gasteiger partial charge in [-0.05, 0) is 43.2 Å². The number of carbonyl (C=O) groups excluding carboxylic acids is 2. The van der Waals surface area contributed by atoms with Crippen molar-refractivity contribution in [3.8, 4) is 0 Å². The van der Waals surface area contributed by atoms with Crippen LogP contribution in [0.15, 0.2) is 46.3 Å². The van der Waals surface area contributed by atoms with Crippen LogP contribution >= 0.6 is 0 Å². The number of sulfonamides is 1. The number of anilines is 1. The maximum absolute atomic E-state index is 13.8. The number of aldehydes is 1. The van der Waals surface area contributed by atoms with Crippen molar-refractivity contribution in [1.29, 1.82) is 0 Å². The Hall–Kier alpha value is -4.55. The molecule has 19 heteroatoms. The van der Waals surface area contributed by atoms with Gasteiger partial charge in [0, 0.05) is 18.3 Å². The summed E-state index contributed by atoms with van der Waals surface area (Å²) >= 11 is 0. The molecule has 1 aromatic heterocycles. The lowest BCUT2D eigenvalue weighted by Gasteiger charge is -2.14. The van der Waals surface area contributed by atoms with Gasteiger partial charge in [-0.3, -0.25) is 19.3 Å². The number of nitrogens with two attached hydrogens (primary N) is 2. The van der Waals surface area contributed by atoms with Crippen LogP contribution in [0, 0.1) is 11.6 Å². The second-order valence-corrected chi connectivity index (χ2v) is 9.74. The molecule has 0 saturated carbocycles. The second-order valence-electron chi connectivity index (χ2n) is 8.01. The van der Waals surface area contributed by atoms with Crippen molar-refractivity contribution in [2.24, 2.45) is 16.5 Å². The number of amides is 1. The number of aliphatic imine (C=N–C) groups is 1. The van der Waals surface area contributed by atoms with Crippen molar-refractivity contribution in [3.63, 3.8) is 0 Å². The van der Waals surface area contributed by atoms with E-state index in [4.69, 9.17) is 21.4 Å². The van der Waals surface area contributed by atoms with Gasteiger partial charge in [0.15, 0.2) is 5.96 Å². The lowest BCUT2D eigenvalue weighted by molar-refractivity contribution is -0.192. The van der Waals surface area contributed by atoms with Gasteiger partial charge in [-0.2, -0.15) is 13.2 Å². The van der Waals surface area contributed by atoms with E-state index in [1.807, 2.05) is 4.72 Å². The van der Waals surface area contributed by atoms with Crippen LogP contribution in [-0.4, -0.2) is 61.0 Å². The molecule has 0 aliphatic carbocycles. The number of benzene rings is 1. The molecule has 226 valence electrons. The van der Waals surface area contributed by atoms with Crippen molar-refractivity contribution in [2.45, 2.75) is 37.4 Å². The maximum atomic E-state index is 13.8. The summed E-state index contributed by atoms with van der Waals surface area (Å²) in [5.41, 5.74) is 8.75. The van der Waals surface area contributed by atoms with Crippen LogP contribution < -0.4 is 27.1 Å². The average Bonchev–Trinajstić information content (AvgIpc) is 2.85. The minimum atomic E-state index is -5.08. The lowest BCUT2D eigenvalue weighted by atomic mass is 10.2. The molecule has 1 heterocycles. The third-order valence-electron chi connectivity index (χ3n) is 4.67. The normalized spacial score (nSPS) is 11.8. The number of pyridine rings is 1. The highest BCUT2D eigenvalue weighted by molar-refractivity contribution is 7.91. The summed E-state index contributed by atoms with van der Waals surface area (Å²) in [5, 5.41) is 9.57. The zero-order chi connectivity index (χ0) is 31.4. The van der Waals surface area contributed by atoms with Gasteiger partial charge in [0.2, 0.25) is 15.9 Å². The number of carboxylic acids is 1. The Labute approximate surface area is 229 Å². The highest BCUT2D eigenvalue weighted by Gasteiger charge is 2.38. The first-order valence-electron chi connectivity index (χ1n) is 11.2. The Bertz CT molecular complexity index is 1430. The number of guanidine groups is 1. The Balaban J connectivity index is 0.00000106. The number of nitrogens with one attached hydrogen (secondary N) is 2. The van der Waals surface area contributed by atoms with Crippen LogP contribution in [0.5, 0.6) is 0 Å². The largest absolute Gasteiger partial charge is 0.490 e. The summed E-state index contributed by atoms with van der Waals surface area (Å²) in [6.07, 6.45) is -2.62. The second kappa shape index (κ2) is 15.3. The molecule has 0 radical (unpaired) electrons. The van der Waals surface area contributed by atoms with Crippen LogP contribution in [0.1, 0.15) is 18.4 Å². The third kappa shape index (κ3) is 12.9. The molecule has 2 aromatic rings. The highest BCUT2D eigenvalue weighted by atomic mass is 32.2. The maximum Gasteiger partial charge on any atom is 0.490 e. The number of carboxylic acid groups (broad SMARTS) is 1. The summed E-state index contributed by atoms with van der Waals surface area (Å²) in [4.78, 5) is 48.7. The van der Waals surface area contributed by atoms with Crippen molar-refractivity contribution in [1.82, 2.24) is 9.88 Å². The quantitative estimate of drug-likeness (QED) is 0.0738. The summed E-state index contributed by atoms with van der Waals surface area (Å²) in [6.45, 7) is -0.227. The van der Waals surface area contributed by atoms with E-state index in [1.165, 1.54) is 12.3 Å². The van der Waals surface area contributed by atoms with Crippen molar-refractivity contribution in [3.05, 3.63) is 64.1 Å². The highest BCUT2D eigenvalue weighted by Crippen LogP contribution is 2.15. The van der Waals surface area contributed by atoms with E-state index in [-0.39, 0.29) is 18.9 Å². The summed E-state index contributed by atoms with van der Waals surface area (Å²) < 4.78 is 86.5. The number of carbonyl (C=O) groups is 3. The zero-order valence-electron chi connectivity index (χ0n) is 20.9. The van der Waals surface area contributed by atoms with Gasteiger partial charge < -0.3 is 31.3 Å². The van der Waals surface area contributed by atoms with E-state index < -0.39 is 74.9 Å². The van der Waals surface area contributed by atoms with Gasteiger partial charge in [0.05, 0.1) is 11.8 Å². The number of aliphatic carboxylic acids is 1. The zero-order valence-corrected chi connectivity index (χ0v) is 21.7. The molecule has 0 spiro atoms.